The number of amides is 8. The van der Waals surface area contributed by atoms with Gasteiger partial charge < -0.3 is 33.4 Å². The smallest absolute Gasteiger partial charge is 0.303 e. The van der Waals surface area contributed by atoms with E-state index in [1.54, 1.807) is 36.7 Å². The Kier molecular flexibility index (Phi) is 21.8. The lowest BCUT2D eigenvalue weighted by molar-refractivity contribution is -0.137. The van der Waals surface area contributed by atoms with E-state index in [9.17, 15) is 47.9 Å². The number of Topliss-reactive ketones (excluding diaryl/α,β-unsaturated/α-hetero) is 1. The number of fused-ring (bicyclic) bond motifs is 4. The van der Waals surface area contributed by atoms with Crippen LogP contribution in [0.5, 0.6) is 0 Å². The van der Waals surface area contributed by atoms with Crippen molar-refractivity contribution in [3.05, 3.63) is 244 Å². The molecule has 4 fully saturated rings. The maximum absolute atomic E-state index is 13.4. The number of anilines is 3. The van der Waals surface area contributed by atoms with Gasteiger partial charge in [0, 0.05) is 71.8 Å². The number of rotatable bonds is 22. The highest BCUT2D eigenvalue weighted by Gasteiger charge is 2.48. The van der Waals surface area contributed by atoms with Crippen LogP contribution in [-0.2, 0) is 59.0 Å². The number of imidazole rings is 2. The minimum atomic E-state index is -1.07. The standard InChI is InChI=1S/C45H41N9O5.C30H30N6.C16H14N2O6/c46-39-32(11-4-23-48-39)40-51-35-18-17-33(50-41(35)53(40)29-15-13-28(14-16-29)45(47)21-5-22-45)27-8-1-6-26(24-27)7-2-9-30(55)25-49-34-12-3-10-31-38(34)44(59)54(43(31)58)36-19-20-37(56)52-42(36)57;1-30(15-4-16-30)22-8-10-23(11-9-22)36-28(24-7-3-18-33-27(24)32)35-26-13-12-25(34-29(26)36)21-6-2-5-20(19-21)14-17-31;19-11-6-5-10(14(22)17-11)18-15(23)9-3-1-2-8(4-7-12(20)21)13(9)16(18)24/h1,3-4,6,8,10-18,23-24,36,49H,2,5,7,9,19-22,25,47H2,(H2,46,48)(H,52,56,57);2-3,5-13,18-19H,4,14-17,31H2,1H3,(H2,32,33);1-3,10H,4-7H2,(H,20,21)(H,17,19,22). The number of hydrogen-bond acceptors (Lipinski definition) is 21. The van der Waals surface area contributed by atoms with Crippen LogP contribution in [0.1, 0.15) is 160 Å². The number of aromatic nitrogens is 8. The van der Waals surface area contributed by atoms with Gasteiger partial charge in [0.05, 0.1) is 51.3 Å². The average Bonchev–Trinajstić information content (AvgIpc) is 1.64. The van der Waals surface area contributed by atoms with Crippen LogP contribution in [0.15, 0.2) is 194 Å². The Bertz CT molecular complexity index is 6130. The first-order valence-corrected chi connectivity index (χ1v) is 39.8. The number of aliphatic carboxylic acids is 1. The summed E-state index contributed by atoms with van der Waals surface area (Å²) in [5.74, 6) is -3.56. The van der Waals surface area contributed by atoms with Crippen molar-refractivity contribution in [1.82, 2.24) is 59.5 Å². The molecule has 0 spiro atoms. The molecule has 119 heavy (non-hydrogen) atoms. The molecule has 2 atom stereocenters. The van der Waals surface area contributed by atoms with Crippen molar-refractivity contribution in [3.8, 4) is 56.7 Å². The molecule has 10 heterocycles. The summed E-state index contributed by atoms with van der Waals surface area (Å²) in [7, 11) is 0. The van der Waals surface area contributed by atoms with E-state index in [0.717, 1.165) is 103 Å². The Labute approximate surface area is 682 Å². The number of imide groups is 4. The van der Waals surface area contributed by atoms with Gasteiger partial charge in [0.25, 0.3) is 23.6 Å². The van der Waals surface area contributed by atoms with Crippen molar-refractivity contribution in [2.75, 3.05) is 29.9 Å². The number of pyridine rings is 4. The summed E-state index contributed by atoms with van der Waals surface area (Å²) in [5, 5.41) is 16.2. The molecular formula is C91H85N17O11. The highest BCUT2D eigenvalue weighted by molar-refractivity contribution is 6.26. The highest BCUT2D eigenvalue weighted by atomic mass is 16.4. The van der Waals surface area contributed by atoms with Gasteiger partial charge in [0.2, 0.25) is 23.6 Å². The zero-order valence-corrected chi connectivity index (χ0v) is 65.2. The minimum Gasteiger partial charge on any atom is -0.481 e. The van der Waals surface area contributed by atoms with Gasteiger partial charge in [0.1, 0.15) is 34.8 Å². The van der Waals surface area contributed by atoms with Gasteiger partial charge in [0.15, 0.2) is 28.7 Å². The third-order valence-corrected chi connectivity index (χ3v) is 23.3. The number of nitrogens with one attached hydrogen (secondary N) is 3. The molecule has 12 N–H and O–H groups in total. The lowest BCUT2D eigenvalue weighted by Crippen LogP contribution is -2.54. The molecule has 6 aromatic heterocycles. The zero-order chi connectivity index (χ0) is 83.0. The largest absolute Gasteiger partial charge is 0.481 e. The van der Waals surface area contributed by atoms with Crippen molar-refractivity contribution in [1.29, 1.82) is 0 Å². The first-order valence-electron chi connectivity index (χ1n) is 39.8. The highest BCUT2D eigenvalue weighted by Crippen LogP contribution is 2.45. The molecule has 2 saturated heterocycles. The number of carboxylic acid groups (broad SMARTS) is 1. The molecule has 8 amide bonds. The molecule has 2 saturated carbocycles. The minimum absolute atomic E-state index is 0.0310. The van der Waals surface area contributed by atoms with Gasteiger partial charge in [-0.15, -0.1) is 0 Å². The van der Waals surface area contributed by atoms with Crippen molar-refractivity contribution in [3.63, 3.8) is 0 Å². The molecule has 2 unspecified atom stereocenters. The molecule has 0 bridgehead atoms. The molecule has 4 aliphatic heterocycles. The molecule has 18 rings (SSSR count). The van der Waals surface area contributed by atoms with E-state index in [4.69, 9.17) is 48.0 Å². The lowest BCUT2D eigenvalue weighted by Gasteiger charge is -2.39. The van der Waals surface area contributed by atoms with E-state index in [0.29, 0.717) is 64.8 Å². The quantitative estimate of drug-likeness (QED) is 0.0292. The third-order valence-electron chi connectivity index (χ3n) is 23.3. The maximum atomic E-state index is 13.4. The number of carboxylic acids is 1. The van der Waals surface area contributed by atoms with Crippen molar-refractivity contribution < 1.29 is 53.1 Å². The van der Waals surface area contributed by atoms with Crippen LogP contribution in [-0.4, -0.2) is 138 Å². The number of benzene rings is 6. The first kappa shape index (κ1) is 78.8. The molecule has 28 heteroatoms. The molecule has 6 aromatic carbocycles. The SMILES string of the molecule is CC1(c2ccc(-n3c(-c4cccnc4N)nc4ccc(-c5cccc(CCN)c5)nc43)cc2)CCC1.Nc1ncccc1-c1nc2ccc(-c3cccc(CCCC(=O)CNc4cccc5c4C(=O)N(C4CCC(=O)NC4=O)C5=O)c3)nc2n1-c1ccc(C2(N)CCC2)cc1.O=C(O)CCc1cccc2c1C(=O)N(C1CCC(=O)NC1=O)C2=O. The Morgan fingerprint density at radius 3 is 1.50 bits per heavy atom. The normalized spacial score (nSPS) is 17.0. The number of piperidine rings is 2. The summed E-state index contributed by atoms with van der Waals surface area (Å²) >= 11 is 0. The van der Waals surface area contributed by atoms with E-state index in [-0.39, 0.29) is 90.5 Å². The van der Waals surface area contributed by atoms with Crippen LogP contribution in [0.2, 0.25) is 0 Å². The van der Waals surface area contributed by atoms with Crippen LogP contribution in [0.4, 0.5) is 17.3 Å². The predicted octanol–water partition coefficient (Wildman–Crippen LogP) is 11.3. The summed E-state index contributed by atoms with van der Waals surface area (Å²) < 4.78 is 4.11. The number of aryl methyl sites for hydroxylation is 2. The van der Waals surface area contributed by atoms with Crippen LogP contribution in [0.3, 0.4) is 0 Å². The second kappa shape index (κ2) is 32.9. The average molecular weight is 1590 g/mol. The van der Waals surface area contributed by atoms with Gasteiger partial charge >= 0.3 is 5.97 Å². The maximum Gasteiger partial charge on any atom is 0.303 e. The molecule has 0 radical (unpaired) electrons. The van der Waals surface area contributed by atoms with E-state index in [1.165, 1.54) is 42.5 Å². The van der Waals surface area contributed by atoms with Gasteiger partial charge in [-0.05, 0) is 214 Å². The fraction of sp³-hybridized carbons (Fsp3) is 0.253. The fourth-order valence-corrected chi connectivity index (χ4v) is 16.5. The molecule has 2 aliphatic carbocycles. The summed E-state index contributed by atoms with van der Waals surface area (Å²) in [6.07, 6.45) is 12.7. The number of carbonyl (C=O) groups excluding carboxylic acids is 9. The predicted molar refractivity (Wildman–Crippen MR) is 446 cm³/mol. The summed E-state index contributed by atoms with van der Waals surface area (Å²) in [6.45, 7) is 2.93. The molecule has 600 valence electrons. The Balaban J connectivity index is 0.000000149. The van der Waals surface area contributed by atoms with Crippen molar-refractivity contribution in [2.24, 2.45) is 11.5 Å². The van der Waals surface area contributed by atoms with Gasteiger partial charge in [-0.3, -0.25) is 77.5 Å². The monoisotopic (exact) mass is 1590 g/mol. The summed E-state index contributed by atoms with van der Waals surface area (Å²) in [5.41, 5.74) is 41.2. The number of hydrogen-bond donors (Lipinski definition) is 8. The van der Waals surface area contributed by atoms with Crippen molar-refractivity contribution in [2.45, 2.75) is 133 Å². The number of nitrogens with zero attached hydrogens (tertiary/aromatic N) is 10. The zero-order valence-electron chi connectivity index (χ0n) is 65.2. The Morgan fingerprint density at radius 2 is 1.01 bits per heavy atom. The second-order valence-corrected chi connectivity index (χ2v) is 31.1. The van der Waals surface area contributed by atoms with E-state index < -0.39 is 65.3 Å². The van der Waals surface area contributed by atoms with Crippen LogP contribution >= 0.6 is 0 Å². The first-order chi connectivity index (χ1) is 57.5. The van der Waals surface area contributed by atoms with Crippen LogP contribution in [0, 0.1) is 0 Å². The van der Waals surface area contributed by atoms with E-state index >= 15 is 0 Å². The van der Waals surface area contributed by atoms with Crippen LogP contribution < -0.4 is 38.9 Å². The molecular weight excluding hydrogens is 1510 g/mol. The van der Waals surface area contributed by atoms with Crippen LogP contribution in [0.25, 0.3) is 79.0 Å². The third kappa shape index (κ3) is 15.6. The molecule has 12 aromatic rings. The lowest BCUT2D eigenvalue weighted by atomic mass is 9.66. The van der Waals surface area contributed by atoms with Gasteiger partial charge in [-0.2, -0.15) is 0 Å². The van der Waals surface area contributed by atoms with E-state index in [1.807, 2.05) is 71.3 Å². The number of nitrogens with two attached hydrogens (primary N) is 4. The van der Waals surface area contributed by atoms with E-state index in [2.05, 4.69) is 116 Å². The second-order valence-electron chi connectivity index (χ2n) is 31.1. The molecule has 28 nitrogen and oxygen atoms in total. The Hall–Kier alpha value is -14.1. The Morgan fingerprint density at radius 1 is 0.521 bits per heavy atom. The van der Waals surface area contributed by atoms with Crippen molar-refractivity contribution >= 4 is 98.7 Å². The number of carbonyl (C=O) groups is 10. The van der Waals surface area contributed by atoms with Gasteiger partial charge in [-0.25, -0.2) is 29.9 Å². The fourth-order valence-electron chi connectivity index (χ4n) is 16.5. The summed E-state index contributed by atoms with van der Waals surface area (Å²) in [6, 6.07) is 56.5. The number of ketones is 1. The molecule has 6 aliphatic rings. The summed E-state index contributed by atoms with van der Waals surface area (Å²) in [4.78, 5) is 154. The van der Waals surface area contributed by atoms with Gasteiger partial charge in [-0.1, -0.05) is 92.2 Å². The number of nitrogen functional groups attached to an aromatic ring is 2. The topological polar surface area (TPSA) is 425 Å².